The van der Waals surface area contributed by atoms with Crippen LogP contribution in [0.3, 0.4) is 0 Å². The van der Waals surface area contributed by atoms with Crippen molar-refractivity contribution in [3.63, 3.8) is 0 Å². The molecule has 0 aromatic heterocycles. The lowest BCUT2D eigenvalue weighted by molar-refractivity contribution is -0.123. The van der Waals surface area contributed by atoms with E-state index in [4.69, 9.17) is 5.73 Å². The summed E-state index contributed by atoms with van der Waals surface area (Å²) in [6.45, 7) is 1.15. The first-order chi connectivity index (χ1) is 12.0. The van der Waals surface area contributed by atoms with Crippen LogP contribution in [0.25, 0.3) is 0 Å². The van der Waals surface area contributed by atoms with E-state index in [2.05, 4.69) is 5.32 Å². The summed E-state index contributed by atoms with van der Waals surface area (Å²) in [6, 6.07) is 16.0. The number of carbonyl (C=O) groups is 2. The molecule has 0 aliphatic rings. The standard InChI is InChI=1S/C19H22FN3O2/c20-17-9-5-4-8-16(17)12-22-19(25)14-23(11-10-18(21)24)13-15-6-2-1-3-7-15/h1-9H,10-14H2,(H2,21,24)(H,22,25). The van der Waals surface area contributed by atoms with Crippen molar-refractivity contribution in [3.05, 3.63) is 71.5 Å². The number of nitrogens with zero attached hydrogens (tertiary/aromatic N) is 1. The number of amides is 2. The van der Waals surface area contributed by atoms with Crippen LogP contribution in [0.2, 0.25) is 0 Å². The van der Waals surface area contributed by atoms with Gasteiger partial charge in [-0.3, -0.25) is 14.5 Å². The Morgan fingerprint density at radius 2 is 1.72 bits per heavy atom. The van der Waals surface area contributed by atoms with Crippen molar-refractivity contribution < 1.29 is 14.0 Å². The van der Waals surface area contributed by atoms with Gasteiger partial charge in [-0.05, 0) is 11.6 Å². The molecule has 2 rings (SSSR count). The molecule has 0 saturated carbocycles. The van der Waals surface area contributed by atoms with E-state index in [1.807, 2.05) is 35.2 Å². The molecule has 0 fully saturated rings. The lowest BCUT2D eigenvalue weighted by Crippen LogP contribution is -2.38. The van der Waals surface area contributed by atoms with Gasteiger partial charge in [-0.25, -0.2) is 4.39 Å². The summed E-state index contributed by atoms with van der Waals surface area (Å²) in [6.07, 6.45) is 0.174. The van der Waals surface area contributed by atoms with Crippen molar-refractivity contribution in [2.45, 2.75) is 19.5 Å². The van der Waals surface area contributed by atoms with Crippen molar-refractivity contribution in [1.82, 2.24) is 10.2 Å². The molecule has 0 spiro atoms. The van der Waals surface area contributed by atoms with E-state index in [9.17, 15) is 14.0 Å². The molecule has 6 heteroatoms. The first-order valence-corrected chi connectivity index (χ1v) is 8.09. The highest BCUT2D eigenvalue weighted by Crippen LogP contribution is 2.07. The van der Waals surface area contributed by atoms with Crippen LogP contribution in [-0.2, 0) is 22.7 Å². The van der Waals surface area contributed by atoms with Gasteiger partial charge in [0.05, 0.1) is 6.54 Å². The molecule has 2 aromatic carbocycles. The smallest absolute Gasteiger partial charge is 0.234 e. The van der Waals surface area contributed by atoms with Gasteiger partial charge in [0.1, 0.15) is 5.82 Å². The second-order valence-corrected chi connectivity index (χ2v) is 5.78. The number of primary amides is 1. The Kier molecular flexibility index (Phi) is 7.10. The summed E-state index contributed by atoms with van der Waals surface area (Å²) in [5.74, 6) is -0.994. The van der Waals surface area contributed by atoms with E-state index >= 15 is 0 Å². The summed E-state index contributed by atoms with van der Waals surface area (Å²) >= 11 is 0. The quantitative estimate of drug-likeness (QED) is 0.729. The van der Waals surface area contributed by atoms with Gasteiger partial charge in [0, 0.05) is 31.6 Å². The maximum atomic E-state index is 13.6. The average Bonchev–Trinajstić information content (AvgIpc) is 2.60. The van der Waals surface area contributed by atoms with Crippen molar-refractivity contribution in [2.24, 2.45) is 5.73 Å². The zero-order chi connectivity index (χ0) is 18.1. The Bertz CT molecular complexity index is 707. The van der Waals surface area contributed by atoms with E-state index in [1.165, 1.54) is 6.07 Å². The van der Waals surface area contributed by atoms with Gasteiger partial charge >= 0.3 is 0 Å². The summed E-state index contributed by atoms with van der Waals surface area (Å²) in [4.78, 5) is 25.1. The van der Waals surface area contributed by atoms with Crippen LogP contribution in [0.15, 0.2) is 54.6 Å². The Hall–Kier alpha value is -2.73. The number of carbonyl (C=O) groups excluding carboxylic acids is 2. The largest absolute Gasteiger partial charge is 0.370 e. The fourth-order valence-electron chi connectivity index (χ4n) is 2.42. The Labute approximate surface area is 146 Å². The molecule has 0 aliphatic carbocycles. The predicted octanol–water partition coefficient (Wildman–Crippen LogP) is 1.82. The minimum absolute atomic E-state index is 0.108. The SMILES string of the molecule is NC(=O)CCN(CC(=O)NCc1ccccc1F)Cc1ccccc1. The summed E-state index contributed by atoms with van der Waals surface area (Å²) in [5, 5.41) is 2.71. The van der Waals surface area contributed by atoms with E-state index in [-0.39, 0.29) is 31.2 Å². The number of halogens is 1. The van der Waals surface area contributed by atoms with Gasteiger partial charge in [-0.1, -0.05) is 48.5 Å². The molecule has 0 aliphatic heterocycles. The molecule has 25 heavy (non-hydrogen) atoms. The highest BCUT2D eigenvalue weighted by molar-refractivity contribution is 5.78. The third kappa shape index (κ3) is 6.73. The third-order valence-corrected chi connectivity index (χ3v) is 3.72. The molecule has 2 aromatic rings. The molecule has 0 bridgehead atoms. The van der Waals surface area contributed by atoms with Crippen LogP contribution in [0.4, 0.5) is 4.39 Å². The molecule has 0 radical (unpaired) electrons. The van der Waals surface area contributed by atoms with Crippen molar-refractivity contribution in [2.75, 3.05) is 13.1 Å². The van der Waals surface area contributed by atoms with Gasteiger partial charge in [-0.2, -0.15) is 0 Å². The fourth-order valence-corrected chi connectivity index (χ4v) is 2.42. The second-order valence-electron chi connectivity index (χ2n) is 5.78. The Balaban J connectivity index is 1.91. The molecular formula is C19H22FN3O2. The van der Waals surface area contributed by atoms with Crippen molar-refractivity contribution in [3.8, 4) is 0 Å². The van der Waals surface area contributed by atoms with E-state index in [1.54, 1.807) is 18.2 Å². The molecule has 0 heterocycles. The minimum Gasteiger partial charge on any atom is -0.370 e. The third-order valence-electron chi connectivity index (χ3n) is 3.72. The maximum Gasteiger partial charge on any atom is 0.234 e. The fraction of sp³-hybridized carbons (Fsp3) is 0.263. The van der Waals surface area contributed by atoms with Gasteiger partial charge in [-0.15, -0.1) is 0 Å². The van der Waals surface area contributed by atoms with Gasteiger partial charge in [0.2, 0.25) is 11.8 Å². The zero-order valence-electron chi connectivity index (χ0n) is 14.0. The molecule has 0 atom stereocenters. The predicted molar refractivity (Wildman–Crippen MR) is 93.8 cm³/mol. The van der Waals surface area contributed by atoms with Crippen LogP contribution in [-0.4, -0.2) is 29.8 Å². The highest BCUT2D eigenvalue weighted by Gasteiger charge is 2.13. The molecule has 0 saturated heterocycles. The van der Waals surface area contributed by atoms with Crippen LogP contribution in [0, 0.1) is 5.82 Å². The normalized spacial score (nSPS) is 10.6. The van der Waals surface area contributed by atoms with Crippen molar-refractivity contribution in [1.29, 1.82) is 0 Å². The number of hydrogen-bond acceptors (Lipinski definition) is 3. The van der Waals surface area contributed by atoms with Crippen LogP contribution in [0.5, 0.6) is 0 Å². The lowest BCUT2D eigenvalue weighted by Gasteiger charge is -2.21. The average molecular weight is 343 g/mol. The van der Waals surface area contributed by atoms with Crippen molar-refractivity contribution >= 4 is 11.8 Å². The topological polar surface area (TPSA) is 75.4 Å². The minimum atomic E-state index is -0.412. The number of rotatable bonds is 9. The molecule has 0 unspecified atom stereocenters. The molecule has 2 amide bonds. The summed E-state index contributed by atoms with van der Waals surface area (Å²) in [7, 11) is 0. The molecular weight excluding hydrogens is 321 g/mol. The molecule has 132 valence electrons. The summed E-state index contributed by atoms with van der Waals surface area (Å²) < 4.78 is 13.6. The van der Waals surface area contributed by atoms with Crippen LogP contribution >= 0.6 is 0 Å². The number of nitrogens with two attached hydrogens (primary N) is 1. The van der Waals surface area contributed by atoms with Crippen LogP contribution in [0.1, 0.15) is 17.5 Å². The first kappa shape index (κ1) is 18.6. The van der Waals surface area contributed by atoms with Gasteiger partial charge < -0.3 is 11.1 Å². The molecule has 3 N–H and O–H groups in total. The number of hydrogen-bond donors (Lipinski definition) is 2. The van der Waals surface area contributed by atoms with Gasteiger partial charge in [0.15, 0.2) is 0 Å². The Morgan fingerprint density at radius 1 is 1.04 bits per heavy atom. The van der Waals surface area contributed by atoms with E-state index in [0.717, 1.165) is 5.56 Å². The highest BCUT2D eigenvalue weighted by atomic mass is 19.1. The summed E-state index contributed by atoms with van der Waals surface area (Å²) in [5.41, 5.74) is 6.68. The second kappa shape index (κ2) is 9.54. The van der Waals surface area contributed by atoms with Gasteiger partial charge in [0.25, 0.3) is 0 Å². The number of benzene rings is 2. The van der Waals surface area contributed by atoms with E-state index < -0.39 is 5.91 Å². The monoisotopic (exact) mass is 343 g/mol. The number of nitrogens with one attached hydrogen (secondary N) is 1. The maximum absolute atomic E-state index is 13.6. The first-order valence-electron chi connectivity index (χ1n) is 8.09. The van der Waals surface area contributed by atoms with Crippen LogP contribution < -0.4 is 11.1 Å². The molecule has 5 nitrogen and oxygen atoms in total. The lowest BCUT2D eigenvalue weighted by atomic mass is 10.2. The van der Waals surface area contributed by atoms with E-state index in [0.29, 0.717) is 18.7 Å². The zero-order valence-corrected chi connectivity index (χ0v) is 14.0. The Morgan fingerprint density at radius 3 is 2.40 bits per heavy atom.